The Labute approximate surface area is 145 Å². The molecule has 7 heteroatoms. The molecule has 1 heterocycles. The van der Waals surface area contributed by atoms with Crippen molar-refractivity contribution < 1.29 is 18.7 Å². The monoisotopic (exact) mass is 361 g/mol. The molecule has 0 radical (unpaired) electrons. The van der Waals surface area contributed by atoms with E-state index in [0.29, 0.717) is 29.5 Å². The largest absolute Gasteiger partial charge is 0.478 e. The van der Waals surface area contributed by atoms with Crippen LogP contribution in [0.4, 0.5) is 0 Å². The molecule has 1 N–H and O–H groups in total. The Hall–Kier alpha value is -2.14. The predicted molar refractivity (Wildman–Crippen MR) is 97.1 cm³/mol. The summed E-state index contributed by atoms with van der Waals surface area (Å²) in [5, 5.41) is 0.852. The second-order valence-corrected chi connectivity index (χ2v) is 7.56. The average molecular weight is 361 g/mol. The van der Waals surface area contributed by atoms with Crippen LogP contribution in [-0.2, 0) is 11.8 Å². The molecule has 0 spiro atoms. The molecule has 0 saturated heterocycles. The first-order valence-corrected chi connectivity index (χ1v) is 9.96. The summed E-state index contributed by atoms with van der Waals surface area (Å²) in [5.74, 6) is 1.29. The zero-order chi connectivity index (χ0) is 17.0. The first-order valence-electron chi connectivity index (χ1n) is 7.37. The lowest BCUT2D eigenvalue weighted by atomic mass is 10.2. The molecule has 0 amide bonds. The third kappa shape index (κ3) is 4.03. The maximum Gasteiger partial charge on any atom is 0.432 e. The van der Waals surface area contributed by atoms with E-state index < -0.39 is 6.72 Å². The maximum absolute atomic E-state index is 10.4. The maximum atomic E-state index is 10.4. The van der Waals surface area contributed by atoms with Gasteiger partial charge < -0.3 is 18.7 Å². The van der Waals surface area contributed by atoms with E-state index in [0.717, 1.165) is 5.39 Å². The summed E-state index contributed by atoms with van der Waals surface area (Å²) >= 11 is 5.12. The van der Waals surface area contributed by atoms with Crippen LogP contribution < -0.4 is 13.8 Å². The molecular formula is C17H16NO4PS. The molecule has 2 aromatic carbocycles. The van der Waals surface area contributed by atoms with Crippen molar-refractivity contribution >= 4 is 29.4 Å². The number of aromatic nitrogens is 1. The first kappa shape index (κ1) is 16.7. The summed E-state index contributed by atoms with van der Waals surface area (Å²) in [5.41, 5.74) is 0.559. The molecule has 0 fully saturated rings. The van der Waals surface area contributed by atoms with Gasteiger partial charge in [0, 0.05) is 23.3 Å². The van der Waals surface area contributed by atoms with Crippen molar-refractivity contribution in [3.05, 3.63) is 60.7 Å². The fourth-order valence-corrected chi connectivity index (χ4v) is 3.48. The predicted octanol–water partition coefficient (Wildman–Crippen LogP) is 4.31. The fraction of sp³-hybridized carbons (Fsp3) is 0.118. The molecule has 0 saturated carbocycles. The van der Waals surface area contributed by atoms with Crippen LogP contribution in [0, 0.1) is 0 Å². The third-order valence-corrected chi connectivity index (χ3v) is 4.44. The van der Waals surface area contributed by atoms with Gasteiger partial charge in [0.1, 0.15) is 11.3 Å². The van der Waals surface area contributed by atoms with Gasteiger partial charge in [-0.3, -0.25) is 0 Å². The quantitative estimate of drug-likeness (QED) is 0.660. The molecule has 3 rings (SSSR count). The molecule has 1 atom stereocenters. The van der Waals surface area contributed by atoms with E-state index in [1.165, 1.54) is 0 Å². The van der Waals surface area contributed by atoms with E-state index in [1.807, 2.05) is 25.1 Å². The highest BCUT2D eigenvalue weighted by Gasteiger charge is 2.20. The fourth-order valence-electron chi connectivity index (χ4n) is 2.16. The average Bonchev–Trinajstić information content (AvgIpc) is 2.56. The van der Waals surface area contributed by atoms with Gasteiger partial charge in [0.2, 0.25) is 5.88 Å². The van der Waals surface area contributed by atoms with E-state index in [-0.39, 0.29) is 0 Å². The van der Waals surface area contributed by atoms with Crippen LogP contribution >= 0.6 is 6.72 Å². The number of para-hydroxylation sites is 2. The van der Waals surface area contributed by atoms with Crippen LogP contribution in [0.5, 0.6) is 17.4 Å². The SMILES string of the molecule is CCOc1ccc2cccc(OP(O)(=S)Oc3ccccc3)c2n1. The van der Waals surface area contributed by atoms with Crippen LogP contribution in [0.25, 0.3) is 10.9 Å². The number of benzene rings is 2. The van der Waals surface area contributed by atoms with Crippen LogP contribution in [0.3, 0.4) is 0 Å². The Morgan fingerprint density at radius 3 is 2.54 bits per heavy atom. The van der Waals surface area contributed by atoms with Crippen LogP contribution in [0.15, 0.2) is 60.7 Å². The van der Waals surface area contributed by atoms with Crippen LogP contribution in [-0.4, -0.2) is 16.5 Å². The Balaban J connectivity index is 1.91. The van der Waals surface area contributed by atoms with Gasteiger partial charge in [-0.15, -0.1) is 0 Å². The second kappa shape index (κ2) is 7.18. The lowest BCUT2D eigenvalue weighted by Crippen LogP contribution is -2.01. The Bertz CT molecular complexity index is 888. The van der Waals surface area contributed by atoms with E-state index in [9.17, 15) is 4.89 Å². The van der Waals surface area contributed by atoms with Gasteiger partial charge in [-0.05, 0) is 31.2 Å². The number of hydrogen-bond acceptors (Lipinski definition) is 5. The first-order chi connectivity index (χ1) is 11.6. The van der Waals surface area contributed by atoms with Crippen molar-refractivity contribution in [3.63, 3.8) is 0 Å². The highest BCUT2D eigenvalue weighted by molar-refractivity contribution is 8.07. The topological polar surface area (TPSA) is 60.8 Å². The molecular weight excluding hydrogens is 345 g/mol. The number of pyridine rings is 1. The molecule has 3 aromatic rings. The lowest BCUT2D eigenvalue weighted by molar-refractivity contribution is 0.327. The molecule has 0 aliphatic rings. The molecule has 1 unspecified atom stereocenters. The lowest BCUT2D eigenvalue weighted by Gasteiger charge is -2.18. The Morgan fingerprint density at radius 2 is 1.79 bits per heavy atom. The minimum absolute atomic E-state index is 0.357. The molecule has 124 valence electrons. The number of ether oxygens (including phenoxy) is 1. The van der Waals surface area contributed by atoms with E-state index >= 15 is 0 Å². The molecule has 24 heavy (non-hydrogen) atoms. The zero-order valence-corrected chi connectivity index (χ0v) is 14.7. The molecule has 0 aliphatic heterocycles. The number of nitrogens with zero attached hydrogens (tertiary/aromatic N) is 1. The van der Waals surface area contributed by atoms with Crippen molar-refractivity contribution in [3.8, 4) is 17.4 Å². The smallest absolute Gasteiger partial charge is 0.432 e. The second-order valence-electron chi connectivity index (χ2n) is 4.87. The van der Waals surface area contributed by atoms with Gasteiger partial charge in [0.15, 0.2) is 5.75 Å². The molecule has 0 aliphatic carbocycles. The highest BCUT2D eigenvalue weighted by atomic mass is 32.5. The summed E-state index contributed by atoms with van der Waals surface area (Å²) in [6, 6.07) is 17.9. The van der Waals surface area contributed by atoms with Crippen molar-refractivity contribution in [2.75, 3.05) is 6.61 Å². The standard InChI is InChI=1S/C17H16NO4PS/c1-2-20-16-12-11-13-7-6-10-15(17(13)18-16)22-23(19,24)21-14-8-4-3-5-9-14/h3-12H,2H2,1H3,(H,19,24). The summed E-state index contributed by atoms with van der Waals surface area (Å²) in [6.45, 7) is -1.12. The minimum atomic E-state index is -3.52. The van der Waals surface area contributed by atoms with Gasteiger partial charge in [0.25, 0.3) is 0 Å². The Morgan fingerprint density at radius 1 is 1.00 bits per heavy atom. The Kier molecular flexibility index (Phi) is 5.00. The van der Waals surface area contributed by atoms with Gasteiger partial charge in [-0.1, -0.05) is 30.3 Å². The molecule has 1 aromatic heterocycles. The van der Waals surface area contributed by atoms with Gasteiger partial charge in [-0.25, -0.2) is 4.98 Å². The molecule has 0 bridgehead atoms. The molecule has 5 nitrogen and oxygen atoms in total. The minimum Gasteiger partial charge on any atom is -0.478 e. The van der Waals surface area contributed by atoms with E-state index in [4.69, 9.17) is 25.6 Å². The van der Waals surface area contributed by atoms with Crippen molar-refractivity contribution in [2.24, 2.45) is 0 Å². The third-order valence-electron chi connectivity index (χ3n) is 3.13. The summed E-state index contributed by atoms with van der Waals surface area (Å²) in [4.78, 5) is 14.8. The highest BCUT2D eigenvalue weighted by Crippen LogP contribution is 2.46. The summed E-state index contributed by atoms with van der Waals surface area (Å²) in [6.07, 6.45) is 0. The van der Waals surface area contributed by atoms with Gasteiger partial charge in [-0.2, -0.15) is 0 Å². The van der Waals surface area contributed by atoms with Crippen molar-refractivity contribution in [1.29, 1.82) is 0 Å². The van der Waals surface area contributed by atoms with Gasteiger partial charge >= 0.3 is 6.72 Å². The zero-order valence-electron chi connectivity index (χ0n) is 13.0. The normalized spacial score (nSPS) is 13.2. The van der Waals surface area contributed by atoms with Crippen LogP contribution in [0.1, 0.15) is 6.92 Å². The van der Waals surface area contributed by atoms with E-state index in [1.54, 1.807) is 42.5 Å². The van der Waals surface area contributed by atoms with Crippen LogP contribution in [0.2, 0.25) is 0 Å². The van der Waals surface area contributed by atoms with Crippen molar-refractivity contribution in [2.45, 2.75) is 6.92 Å². The number of fused-ring (bicyclic) bond motifs is 1. The van der Waals surface area contributed by atoms with Gasteiger partial charge in [0.05, 0.1) is 6.61 Å². The summed E-state index contributed by atoms with van der Waals surface area (Å²) in [7, 11) is 0. The number of hydrogen-bond donors (Lipinski definition) is 1. The number of rotatable bonds is 6. The van der Waals surface area contributed by atoms with Crippen molar-refractivity contribution in [1.82, 2.24) is 4.98 Å². The van der Waals surface area contributed by atoms with E-state index in [2.05, 4.69) is 4.98 Å². The summed E-state index contributed by atoms with van der Waals surface area (Å²) < 4.78 is 16.4.